The van der Waals surface area contributed by atoms with Gasteiger partial charge in [0.1, 0.15) is 70.7 Å². The highest BCUT2D eigenvalue weighted by molar-refractivity contribution is 6.34. The second kappa shape index (κ2) is 18.8. The summed E-state index contributed by atoms with van der Waals surface area (Å²) in [4.78, 5) is 81.9. The van der Waals surface area contributed by atoms with Crippen molar-refractivity contribution in [3.05, 3.63) is 85.0 Å². The van der Waals surface area contributed by atoms with E-state index >= 15 is 0 Å². The van der Waals surface area contributed by atoms with E-state index in [2.05, 4.69) is 0 Å². The molecule has 0 aliphatic heterocycles. The van der Waals surface area contributed by atoms with Gasteiger partial charge in [-0.3, -0.25) is 19.2 Å². The fourth-order valence-corrected chi connectivity index (χ4v) is 10.5. The van der Waals surface area contributed by atoms with Crippen LogP contribution in [0.5, 0.6) is 51.7 Å². The summed E-state index contributed by atoms with van der Waals surface area (Å²) in [5.74, 6) is -20.3. The van der Waals surface area contributed by atoms with E-state index in [4.69, 9.17) is 17.1 Å². The molecule has 0 spiro atoms. The van der Waals surface area contributed by atoms with Crippen molar-refractivity contribution < 1.29 is 122 Å². The second-order valence-corrected chi connectivity index (χ2v) is 18.3. The molecule has 4 aromatic rings. The van der Waals surface area contributed by atoms with Gasteiger partial charge in [-0.2, -0.15) is 0 Å². The number of rotatable bonds is 12. The smallest absolute Gasteiger partial charge is 0.613 e. The molecule has 0 saturated heterocycles. The highest BCUT2D eigenvalue weighted by Crippen LogP contribution is 2.54. The Bertz CT molecular complexity index is 3030. The van der Waals surface area contributed by atoms with Crippen molar-refractivity contribution in [2.45, 2.75) is 75.5 Å². The lowest BCUT2D eigenvalue weighted by atomic mass is 9.79. The first-order valence-corrected chi connectivity index (χ1v) is 22.5. The van der Waals surface area contributed by atoms with Crippen LogP contribution in [0, 0.1) is 25.7 Å². The van der Waals surface area contributed by atoms with Gasteiger partial charge in [0.15, 0.2) is 40.4 Å². The quantitative estimate of drug-likeness (QED) is 0.0617. The molecule has 10 atom stereocenters. The zero-order valence-electron chi connectivity index (χ0n) is 37.2. The molecule has 4 aliphatic rings. The number of phenols is 5. The molecular weight excluding hydrogens is 979 g/mol. The van der Waals surface area contributed by atoms with Crippen molar-refractivity contribution in [1.29, 1.82) is 0 Å². The van der Waals surface area contributed by atoms with E-state index < -0.39 is 244 Å². The van der Waals surface area contributed by atoms with Gasteiger partial charge < -0.3 is 93.6 Å². The van der Waals surface area contributed by atoms with E-state index in [9.17, 15) is 105 Å². The van der Waals surface area contributed by atoms with Crippen molar-refractivity contribution in [1.82, 2.24) is 0 Å². The van der Waals surface area contributed by atoms with Gasteiger partial charge in [0.2, 0.25) is 11.5 Å². The second-order valence-electron chi connectivity index (χ2n) is 17.6. The number of carboxylic acids is 2. The van der Waals surface area contributed by atoms with E-state index in [1.807, 2.05) is 0 Å². The van der Waals surface area contributed by atoms with Gasteiger partial charge in [-0.25, -0.2) is 9.59 Å². The zero-order valence-corrected chi connectivity index (χ0v) is 38.4. The summed E-state index contributed by atoms with van der Waals surface area (Å²) in [5.41, 5.74) is -8.24. The normalized spacial score (nSPS) is 25.4. The van der Waals surface area contributed by atoms with Crippen LogP contribution in [0.1, 0.15) is 108 Å². The minimum absolute atomic E-state index is 0.369. The largest absolute Gasteiger partial charge is 0.882 e. The van der Waals surface area contributed by atoms with Gasteiger partial charge in [0.25, 0.3) is 0 Å². The van der Waals surface area contributed by atoms with Crippen LogP contribution in [0.3, 0.4) is 0 Å². The number of carbonyl (C=O) groups excluding carboxylic acids is 4. The summed E-state index contributed by atoms with van der Waals surface area (Å²) in [6, 6.07) is 2.11. The molecule has 4 aromatic carbocycles. The highest BCUT2D eigenvalue weighted by atomic mass is 27.2. The molecule has 0 bridgehead atoms. The number of carboxylic acid groups (broad SMARTS) is 2. The average Bonchev–Trinajstić information content (AvgIpc) is 3.32. The van der Waals surface area contributed by atoms with Crippen LogP contribution >= 0.6 is 0 Å². The van der Waals surface area contributed by atoms with Crippen molar-refractivity contribution in [2.75, 3.05) is 13.2 Å². The highest BCUT2D eigenvalue weighted by Gasteiger charge is 2.48. The number of hydrogen-bond acceptors (Lipinski definition) is 23. The van der Waals surface area contributed by atoms with Crippen molar-refractivity contribution in [3.63, 3.8) is 0 Å². The first-order chi connectivity index (χ1) is 33.9. The molecule has 10 unspecified atom stereocenters. The molecular formula is C46H42AlO25. The number of aromatic carboxylic acids is 2. The molecule has 0 amide bonds. The SMILES string of the molecule is Cc1c(C(=O)O)c(O)cc2c1C(=O)c1cc(OC3CC(CO)C(O)C(O)C3O)c(O)c([O][Al][O]c3c(O)c(OC4CC(CO)C(O)C(O)C4O)c(O)c4c3C(=O)c3cc(O)c(C(=O)O)c(C)c3C4=O)c1C2=O. The lowest BCUT2D eigenvalue weighted by Crippen LogP contribution is -2.56. The van der Waals surface area contributed by atoms with Crippen LogP contribution in [-0.2, 0) is 0 Å². The summed E-state index contributed by atoms with van der Waals surface area (Å²) in [6.45, 7) is 0.693. The predicted octanol–water partition coefficient (Wildman–Crippen LogP) is -1.54. The number of ketones is 4. The lowest BCUT2D eigenvalue weighted by Gasteiger charge is -2.40. The number of phenolic OH excluding ortho intramolecular Hbond substituents is 3. The lowest BCUT2D eigenvalue weighted by molar-refractivity contribution is -0.157. The topological polar surface area (TPSA) is 443 Å². The number of hydrogen-bond donors (Lipinski definition) is 15. The van der Waals surface area contributed by atoms with E-state index in [0.717, 1.165) is 19.9 Å². The number of aliphatic hydroxyl groups excluding tert-OH is 8. The van der Waals surface area contributed by atoms with E-state index in [0.29, 0.717) is 12.1 Å². The third-order valence-corrected chi connectivity index (χ3v) is 14.2. The Morgan fingerprint density at radius 3 is 1.40 bits per heavy atom. The Hall–Kier alpha value is -7.09. The molecule has 26 heteroatoms. The van der Waals surface area contributed by atoms with Crippen LogP contribution < -0.4 is 17.1 Å². The van der Waals surface area contributed by atoms with Crippen LogP contribution in [-0.4, -0.2) is 190 Å². The summed E-state index contributed by atoms with van der Waals surface area (Å²) in [5, 5.41) is 160. The first kappa shape index (κ1) is 51.3. The van der Waals surface area contributed by atoms with Gasteiger partial charge >= 0.3 is 27.8 Å². The molecule has 2 saturated carbocycles. The van der Waals surface area contributed by atoms with Gasteiger partial charge in [-0.15, -0.1) is 0 Å². The Balaban J connectivity index is 1.27. The summed E-state index contributed by atoms with van der Waals surface area (Å²) in [7, 11) is 0. The van der Waals surface area contributed by atoms with Gasteiger partial charge in [0.05, 0.1) is 28.9 Å². The predicted molar refractivity (Wildman–Crippen MR) is 233 cm³/mol. The Kier molecular flexibility index (Phi) is 13.4. The average molecular weight is 1020 g/mol. The number of benzene rings is 4. The van der Waals surface area contributed by atoms with Crippen molar-refractivity contribution in [2.24, 2.45) is 11.8 Å². The molecule has 8 rings (SSSR count). The Morgan fingerprint density at radius 1 is 0.514 bits per heavy atom. The van der Waals surface area contributed by atoms with E-state index in [1.54, 1.807) is 0 Å². The zero-order chi connectivity index (χ0) is 52.8. The van der Waals surface area contributed by atoms with Crippen molar-refractivity contribution >= 4 is 51.0 Å². The molecule has 25 nitrogen and oxygen atoms in total. The molecule has 2 fully saturated rings. The standard InChI is InChI=1S/C23H22O13.C23H22O12.Al/c1-5-10-7(3-8(25)11(5)23(34)35)15(27)12-13(17(10)29)19(31)22(21(33)18(12)30)36-9-2-6(4-24)14(26)20(32)16(9)28;1-6-13-8(3-10(25)14(6)23(33)34)18(28)15-9(17(13)27)4-12(19(29)21(15)31)35-11-2-7(5-24)16(26)22(32)20(11)30;/h3,6,9,14,16,20,24-26,28,30-33H,2,4H2,1H3,(H,34,35);3-4,7,11,16,20,22,24-26,29-32H,2,5H2,1H3,(H,33,34);/q;;+2/p-2. The van der Waals surface area contributed by atoms with Crippen LogP contribution in [0.15, 0.2) is 18.2 Å². The third kappa shape index (κ3) is 7.88. The summed E-state index contributed by atoms with van der Waals surface area (Å²) in [6.07, 6.45) is -15.3. The van der Waals surface area contributed by atoms with Crippen molar-refractivity contribution in [3.8, 4) is 51.7 Å². The number of aromatic hydroxyl groups is 5. The fraction of sp³-hybridized carbons (Fsp3) is 0.348. The molecule has 4 aliphatic carbocycles. The van der Waals surface area contributed by atoms with Gasteiger partial charge in [-0.1, -0.05) is 0 Å². The Morgan fingerprint density at radius 2 is 0.931 bits per heavy atom. The number of aliphatic hydroxyl groups is 8. The van der Waals surface area contributed by atoms with Crippen LogP contribution in [0.25, 0.3) is 0 Å². The van der Waals surface area contributed by atoms with Gasteiger partial charge in [-0.05, 0) is 56.0 Å². The molecule has 72 heavy (non-hydrogen) atoms. The van der Waals surface area contributed by atoms with Crippen LogP contribution in [0.2, 0.25) is 0 Å². The number of carbonyl (C=O) groups is 6. The van der Waals surface area contributed by atoms with E-state index in [1.165, 1.54) is 0 Å². The fourth-order valence-electron chi connectivity index (χ4n) is 9.78. The number of ether oxygens (including phenoxy) is 2. The maximum atomic E-state index is 14.4. The van der Waals surface area contributed by atoms with Gasteiger partial charge in [0, 0.05) is 52.9 Å². The molecule has 0 heterocycles. The maximum Gasteiger partial charge on any atom is 0.882 e. The van der Waals surface area contributed by atoms with E-state index in [-0.39, 0.29) is 12.0 Å². The molecule has 1 radical (unpaired) electrons. The molecule has 15 N–H and O–H groups in total. The summed E-state index contributed by atoms with van der Waals surface area (Å²) >= 11 is -2.47. The minimum Gasteiger partial charge on any atom is -0.613 e. The maximum absolute atomic E-state index is 14.4. The van der Waals surface area contributed by atoms with Crippen LogP contribution in [0.4, 0.5) is 0 Å². The third-order valence-electron chi connectivity index (χ3n) is 13.5. The Labute approximate surface area is 409 Å². The summed E-state index contributed by atoms with van der Waals surface area (Å²) < 4.78 is 23.3. The minimum atomic E-state index is -2.47. The molecule has 0 aromatic heterocycles. The number of fused-ring (bicyclic) bond motifs is 4. The first-order valence-electron chi connectivity index (χ1n) is 21.6. The molecule has 379 valence electrons. The monoisotopic (exact) mass is 1020 g/mol.